The molecule has 5 rings (SSSR count). The number of ether oxygens (including phenoxy) is 4. The molecule has 2 heterocycles. The van der Waals surface area contributed by atoms with Crippen molar-refractivity contribution in [3.05, 3.63) is 113 Å². The second-order valence-electron chi connectivity index (χ2n) is 9.29. The van der Waals surface area contributed by atoms with Crippen LogP contribution in [0.2, 0.25) is 0 Å². The minimum atomic E-state index is -0.926. The summed E-state index contributed by atoms with van der Waals surface area (Å²) in [5, 5.41) is 2.51. The maximum Gasteiger partial charge on any atom is 0.329 e. The monoisotopic (exact) mass is 557 g/mol. The Labute approximate surface area is 237 Å². The van der Waals surface area contributed by atoms with Gasteiger partial charge in [0.15, 0.2) is 16.6 Å². The average molecular weight is 558 g/mol. The van der Waals surface area contributed by atoms with E-state index in [-0.39, 0.29) is 25.5 Å². The first kappa shape index (κ1) is 27.3. The molecule has 7 nitrogen and oxygen atoms in total. The van der Waals surface area contributed by atoms with Crippen molar-refractivity contribution < 1.29 is 28.5 Å². The summed E-state index contributed by atoms with van der Waals surface area (Å²) in [5.41, 5.74) is 3.41. The van der Waals surface area contributed by atoms with Crippen molar-refractivity contribution in [3.63, 3.8) is 0 Å². The van der Waals surface area contributed by atoms with Gasteiger partial charge in [0.2, 0.25) is 6.10 Å². The van der Waals surface area contributed by atoms with Gasteiger partial charge in [-0.3, -0.25) is 4.79 Å². The van der Waals surface area contributed by atoms with Crippen LogP contribution >= 0.6 is 11.3 Å². The van der Waals surface area contributed by atoms with Gasteiger partial charge in [0.1, 0.15) is 12.6 Å². The lowest BCUT2D eigenvalue weighted by Gasteiger charge is -2.38. The molecule has 0 saturated carbocycles. The fraction of sp³-hybridized carbons (Fsp3) is 0.250. The fourth-order valence-corrected chi connectivity index (χ4v) is 5.43. The Balaban J connectivity index is 1.51. The molecule has 1 aromatic heterocycles. The number of hydrogen-bond acceptors (Lipinski definition) is 7. The predicted octanol–water partition coefficient (Wildman–Crippen LogP) is 5.97. The summed E-state index contributed by atoms with van der Waals surface area (Å²) in [6.07, 6.45) is -0.702. The van der Waals surface area contributed by atoms with Crippen LogP contribution in [0.5, 0.6) is 16.6 Å². The number of methoxy groups -OCH3 is 1. The van der Waals surface area contributed by atoms with Gasteiger partial charge in [0.05, 0.1) is 13.7 Å². The van der Waals surface area contributed by atoms with E-state index >= 15 is 0 Å². The summed E-state index contributed by atoms with van der Waals surface area (Å²) < 4.78 is 23.6. The van der Waals surface area contributed by atoms with Crippen LogP contribution in [0.15, 0.2) is 90.3 Å². The molecule has 1 aliphatic heterocycles. The normalized spacial score (nSPS) is 15.1. The molecule has 1 aliphatic rings. The molecule has 1 amide bonds. The number of fused-ring (bicyclic) bond motifs is 1. The van der Waals surface area contributed by atoms with E-state index in [1.807, 2.05) is 90.3 Å². The van der Waals surface area contributed by atoms with Gasteiger partial charge in [-0.25, -0.2) is 4.79 Å². The van der Waals surface area contributed by atoms with E-state index in [0.717, 1.165) is 16.7 Å². The summed E-state index contributed by atoms with van der Waals surface area (Å²) in [5.74, 6) is 0.354. The van der Waals surface area contributed by atoms with Gasteiger partial charge in [0, 0.05) is 24.1 Å². The number of benzene rings is 3. The number of carbonyl (C=O) groups excluding carboxylic acids is 2. The van der Waals surface area contributed by atoms with E-state index in [9.17, 15) is 9.59 Å². The number of rotatable bonds is 10. The van der Waals surface area contributed by atoms with Crippen LogP contribution in [0.3, 0.4) is 0 Å². The molecule has 0 fully saturated rings. The first-order valence-corrected chi connectivity index (χ1v) is 14.0. The summed E-state index contributed by atoms with van der Waals surface area (Å²) in [4.78, 5) is 29.1. The SMILES string of the molecule is CCOC(=O)C1Cc2c(ccc(OC)c2OCc2ccccc2)CN1C(=O)C(Oc1cccs1)c1ccccc1. The molecule has 0 radical (unpaired) electrons. The molecule has 0 aliphatic carbocycles. The largest absolute Gasteiger partial charge is 0.493 e. The summed E-state index contributed by atoms with van der Waals surface area (Å²) in [6, 6.07) is 25.8. The highest BCUT2D eigenvalue weighted by molar-refractivity contribution is 7.11. The zero-order chi connectivity index (χ0) is 27.9. The minimum absolute atomic E-state index is 0.195. The van der Waals surface area contributed by atoms with Crippen LogP contribution in [0.4, 0.5) is 0 Å². The van der Waals surface area contributed by atoms with Crippen LogP contribution in [-0.4, -0.2) is 36.5 Å². The third kappa shape index (κ3) is 5.97. The van der Waals surface area contributed by atoms with Gasteiger partial charge >= 0.3 is 5.97 Å². The second kappa shape index (κ2) is 12.7. The lowest BCUT2D eigenvalue weighted by molar-refractivity contribution is -0.158. The molecule has 2 atom stereocenters. The number of amides is 1. The number of nitrogens with zero attached hydrogens (tertiary/aromatic N) is 1. The summed E-state index contributed by atoms with van der Waals surface area (Å²) in [7, 11) is 1.59. The topological polar surface area (TPSA) is 74.3 Å². The van der Waals surface area contributed by atoms with Crippen molar-refractivity contribution in [3.8, 4) is 16.6 Å². The van der Waals surface area contributed by atoms with Crippen LogP contribution in [0, 0.1) is 0 Å². The molecule has 0 saturated heterocycles. The lowest BCUT2D eigenvalue weighted by Crippen LogP contribution is -2.51. The smallest absolute Gasteiger partial charge is 0.329 e. The summed E-state index contributed by atoms with van der Waals surface area (Å²) >= 11 is 1.41. The third-order valence-corrected chi connectivity index (χ3v) is 7.54. The number of thiophene rings is 1. The maximum atomic E-state index is 14.2. The highest BCUT2D eigenvalue weighted by Crippen LogP contribution is 2.40. The maximum absolute atomic E-state index is 14.2. The Bertz CT molecular complexity index is 1420. The van der Waals surface area contributed by atoms with Crippen LogP contribution in [0.25, 0.3) is 0 Å². The molecule has 206 valence electrons. The van der Waals surface area contributed by atoms with Crippen molar-refractivity contribution >= 4 is 23.2 Å². The van der Waals surface area contributed by atoms with Crippen molar-refractivity contribution in [2.45, 2.75) is 38.6 Å². The molecule has 2 unspecified atom stereocenters. The Kier molecular flexibility index (Phi) is 8.66. The number of esters is 1. The number of carbonyl (C=O) groups is 2. The van der Waals surface area contributed by atoms with Crippen LogP contribution < -0.4 is 14.2 Å². The molecule has 3 aromatic carbocycles. The predicted molar refractivity (Wildman–Crippen MR) is 153 cm³/mol. The Morgan fingerprint density at radius 2 is 1.73 bits per heavy atom. The van der Waals surface area contributed by atoms with Gasteiger partial charge in [0.25, 0.3) is 5.91 Å². The quantitative estimate of drug-likeness (QED) is 0.224. The van der Waals surface area contributed by atoms with Crippen molar-refractivity contribution in [1.29, 1.82) is 0 Å². The highest BCUT2D eigenvalue weighted by Gasteiger charge is 2.41. The van der Waals surface area contributed by atoms with Gasteiger partial charge in [-0.1, -0.05) is 66.7 Å². The first-order valence-electron chi connectivity index (χ1n) is 13.2. The zero-order valence-corrected chi connectivity index (χ0v) is 23.3. The molecule has 40 heavy (non-hydrogen) atoms. The van der Waals surface area contributed by atoms with E-state index in [1.54, 1.807) is 18.9 Å². The molecule has 0 N–H and O–H groups in total. The van der Waals surface area contributed by atoms with E-state index < -0.39 is 18.1 Å². The van der Waals surface area contributed by atoms with E-state index in [0.29, 0.717) is 28.7 Å². The van der Waals surface area contributed by atoms with Crippen LogP contribution in [0.1, 0.15) is 35.3 Å². The number of hydrogen-bond donors (Lipinski definition) is 0. The Hall–Kier alpha value is -4.30. The van der Waals surface area contributed by atoms with Crippen LogP contribution in [-0.2, 0) is 33.9 Å². The molecular formula is C32H31NO6S. The Morgan fingerprint density at radius 3 is 2.40 bits per heavy atom. The highest BCUT2D eigenvalue weighted by atomic mass is 32.1. The average Bonchev–Trinajstić information content (AvgIpc) is 3.52. The van der Waals surface area contributed by atoms with Crippen molar-refractivity contribution in [2.24, 2.45) is 0 Å². The standard InChI is InChI=1S/C32H31NO6S/c1-3-37-32(35)26-19-25-24(16-17-27(36-2)30(25)38-21-22-11-6-4-7-12-22)20-33(26)31(34)29(23-13-8-5-9-14-23)39-28-15-10-18-40-28/h4-18,26,29H,3,19-21H2,1-2H3. The molecule has 0 bridgehead atoms. The van der Waals surface area contributed by atoms with E-state index in [4.69, 9.17) is 18.9 Å². The van der Waals surface area contributed by atoms with E-state index in [1.165, 1.54) is 11.3 Å². The molecule has 0 spiro atoms. The Morgan fingerprint density at radius 1 is 0.975 bits per heavy atom. The zero-order valence-electron chi connectivity index (χ0n) is 22.4. The summed E-state index contributed by atoms with van der Waals surface area (Å²) in [6.45, 7) is 2.49. The molecular weight excluding hydrogens is 526 g/mol. The van der Waals surface area contributed by atoms with Gasteiger partial charge in [-0.2, -0.15) is 0 Å². The first-order chi connectivity index (χ1) is 19.6. The van der Waals surface area contributed by atoms with Gasteiger partial charge < -0.3 is 23.8 Å². The van der Waals surface area contributed by atoms with Crippen molar-refractivity contribution in [1.82, 2.24) is 4.90 Å². The molecule has 8 heteroatoms. The van der Waals surface area contributed by atoms with Gasteiger partial charge in [-0.05, 0) is 41.6 Å². The van der Waals surface area contributed by atoms with E-state index in [2.05, 4.69) is 0 Å². The minimum Gasteiger partial charge on any atom is -0.493 e. The van der Waals surface area contributed by atoms with Gasteiger partial charge in [-0.15, -0.1) is 11.3 Å². The molecule has 4 aromatic rings. The third-order valence-electron chi connectivity index (χ3n) is 6.78. The lowest BCUT2D eigenvalue weighted by atomic mass is 9.91. The van der Waals surface area contributed by atoms with Crippen molar-refractivity contribution in [2.75, 3.05) is 13.7 Å². The fourth-order valence-electron chi connectivity index (χ4n) is 4.83. The second-order valence-corrected chi connectivity index (χ2v) is 10.2.